The number of nitrogen functional groups attached to an aromatic ring is 1. The van der Waals surface area contributed by atoms with Crippen LogP contribution in [0, 0.1) is 5.92 Å². The number of rotatable bonds is 4. The summed E-state index contributed by atoms with van der Waals surface area (Å²) >= 11 is 0. The van der Waals surface area contributed by atoms with Gasteiger partial charge in [0.05, 0.1) is 0 Å². The third-order valence-corrected chi connectivity index (χ3v) is 5.02. The number of hydrogen-bond donors (Lipinski definition) is 2. The van der Waals surface area contributed by atoms with Gasteiger partial charge in [-0.25, -0.2) is 0 Å². The molecule has 0 aliphatic carbocycles. The number of nitrogens with zero attached hydrogens (tertiary/aromatic N) is 1. The molecule has 1 aliphatic rings. The fourth-order valence-corrected chi connectivity index (χ4v) is 3.61. The van der Waals surface area contributed by atoms with Crippen molar-refractivity contribution >= 4 is 41.6 Å². The average molecular weight is 386 g/mol. The molecule has 2 aromatic rings. The Hall–Kier alpha value is -2.89. The highest BCUT2D eigenvalue weighted by atomic mass is 16.2. The van der Waals surface area contributed by atoms with E-state index in [9.17, 15) is 4.79 Å². The predicted molar refractivity (Wildman–Crippen MR) is 115 cm³/mol. The Morgan fingerprint density at radius 3 is 2.39 bits per heavy atom. The van der Waals surface area contributed by atoms with Gasteiger partial charge in [0, 0.05) is 47.7 Å². The Morgan fingerprint density at radius 2 is 1.79 bits per heavy atom. The minimum Gasteiger partial charge on any atom is -0.398 e. The maximum absolute atomic E-state index is 12.1. The highest BCUT2D eigenvalue weighted by Gasteiger charge is 2.28. The van der Waals surface area contributed by atoms with Gasteiger partial charge in [-0.2, -0.15) is 0 Å². The Labute approximate surface area is 167 Å². The first kappa shape index (κ1) is 23.1. The fourth-order valence-electron chi connectivity index (χ4n) is 3.61. The van der Waals surface area contributed by atoms with Crippen molar-refractivity contribution < 1.29 is 14.4 Å². The maximum atomic E-state index is 12.1. The monoisotopic (exact) mass is 385 g/mol. The van der Waals surface area contributed by atoms with Crippen molar-refractivity contribution in [1.82, 2.24) is 4.90 Å². The lowest BCUT2D eigenvalue weighted by molar-refractivity contribution is -0.133. The summed E-state index contributed by atoms with van der Waals surface area (Å²) in [7, 11) is 0. The molecule has 152 valence electrons. The summed E-state index contributed by atoms with van der Waals surface area (Å²) in [6.45, 7) is 9.96. The standard InChI is InChI=1S/C20H27N3O.2CH2O/c1-3-6-20(24)23-12-11-18(14(2)13-23)22-19-10-9-17(21)15-7-4-5-8-16(15)19;2*1-2/h4-5,7-10,14,18,22H,3,6,11-13,21H2,1-2H3;2*1H2/t14?,18-;;/m0../s1. The van der Waals surface area contributed by atoms with Crippen LogP contribution in [0.25, 0.3) is 10.8 Å². The van der Waals surface area contributed by atoms with Crippen molar-refractivity contribution in [3.8, 4) is 0 Å². The van der Waals surface area contributed by atoms with E-state index in [1.807, 2.05) is 36.7 Å². The molecular formula is C22H31N3O3. The zero-order valence-corrected chi connectivity index (χ0v) is 16.8. The molecule has 0 aromatic heterocycles. The summed E-state index contributed by atoms with van der Waals surface area (Å²) in [5.74, 6) is 0.719. The number of benzene rings is 2. The van der Waals surface area contributed by atoms with Gasteiger partial charge < -0.3 is 25.5 Å². The normalized spacial score (nSPS) is 18.3. The van der Waals surface area contributed by atoms with E-state index in [2.05, 4.69) is 37.4 Å². The Balaban J connectivity index is 0.000000921. The van der Waals surface area contributed by atoms with Crippen LogP contribution in [0.1, 0.15) is 33.1 Å². The molecule has 6 heteroatoms. The van der Waals surface area contributed by atoms with Gasteiger partial charge in [0.1, 0.15) is 13.6 Å². The number of likely N-dealkylation sites (tertiary alicyclic amines) is 1. The number of carbonyl (C=O) groups is 3. The van der Waals surface area contributed by atoms with E-state index in [4.69, 9.17) is 15.3 Å². The molecule has 2 atom stereocenters. The van der Waals surface area contributed by atoms with Crippen molar-refractivity contribution in [1.29, 1.82) is 0 Å². The molecule has 1 aliphatic heterocycles. The zero-order chi connectivity index (χ0) is 21.1. The fraction of sp³-hybridized carbons (Fsp3) is 0.409. The molecule has 1 saturated heterocycles. The van der Waals surface area contributed by atoms with Gasteiger partial charge in [-0.1, -0.05) is 38.1 Å². The SMILES string of the molecule is C=O.C=O.CCCC(=O)N1CC[C@H](Nc2ccc(N)c3ccccc23)C(C)C1. The topological polar surface area (TPSA) is 92.5 Å². The smallest absolute Gasteiger partial charge is 0.222 e. The third kappa shape index (κ3) is 5.55. The van der Waals surface area contributed by atoms with Crippen LogP contribution in [-0.2, 0) is 14.4 Å². The number of anilines is 2. The van der Waals surface area contributed by atoms with Gasteiger partial charge in [-0.3, -0.25) is 4.79 Å². The molecule has 0 saturated carbocycles. The molecule has 28 heavy (non-hydrogen) atoms. The van der Waals surface area contributed by atoms with E-state index in [1.54, 1.807) is 0 Å². The van der Waals surface area contributed by atoms with Gasteiger partial charge in [-0.15, -0.1) is 0 Å². The van der Waals surface area contributed by atoms with Crippen LogP contribution in [-0.4, -0.2) is 43.5 Å². The molecule has 1 unspecified atom stereocenters. The zero-order valence-electron chi connectivity index (χ0n) is 16.8. The van der Waals surface area contributed by atoms with E-state index in [1.165, 1.54) is 0 Å². The lowest BCUT2D eigenvalue weighted by Gasteiger charge is -2.38. The first-order valence-electron chi connectivity index (χ1n) is 9.49. The lowest BCUT2D eigenvalue weighted by atomic mass is 9.92. The minimum absolute atomic E-state index is 0.292. The van der Waals surface area contributed by atoms with Gasteiger partial charge in [-0.05, 0) is 30.9 Å². The molecule has 0 spiro atoms. The number of hydrogen-bond acceptors (Lipinski definition) is 5. The summed E-state index contributed by atoms with van der Waals surface area (Å²) in [6, 6.07) is 12.6. The Bertz CT molecular complexity index is 764. The van der Waals surface area contributed by atoms with Crippen LogP contribution in [0.3, 0.4) is 0 Å². The number of piperidine rings is 1. The summed E-state index contributed by atoms with van der Waals surface area (Å²) in [6.07, 6.45) is 2.56. The molecule has 1 amide bonds. The van der Waals surface area contributed by atoms with E-state index in [0.717, 1.165) is 48.1 Å². The van der Waals surface area contributed by atoms with Crippen molar-refractivity contribution in [3.63, 3.8) is 0 Å². The van der Waals surface area contributed by atoms with Crippen molar-refractivity contribution in [2.45, 2.75) is 39.2 Å². The van der Waals surface area contributed by atoms with E-state index in [-0.39, 0.29) is 0 Å². The molecule has 6 nitrogen and oxygen atoms in total. The number of fused-ring (bicyclic) bond motifs is 1. The Morgan fingerprint density at radius 1 is 1.14 bits per heavy atom. The summed E-state index contributed by atoms with van der Waals surface area (Å²) in [5.41, 5.74) is 8.03. The molecule has 0 bridgehead atoms. The number of nitrogens with two attached hydrogens (primary N) is 1. The molecule has 1 fully saturated rings. The van der Waals surface area contributed by atoms with Crippen molar-refractivity contribution in [2.24, 2.45) is 5.92 Å². The molecule has 1 heterocycles. The molecule has 2 aromatic carbocycles. The van der Waals surface area contributed by atoms with Crippen LogP contribution in [0.5, 0.6) is 0 Å². The van der Waals surface area contributed by atoms with Crippen molar-refractivity contribution in [3.05, 3.63) is 36.4 Å². The van der Waals surface area contributed by atoms with Crippen LogP contribution < -0.4 is 11.1 Å². The Kier molecular flexibility index (Phi) is 9.71. The lowest BCUT2D eigenvalue weighted by Crippen LogP contribution is -2.47. The van der Waals surface area contributed by atoms with Gasteiger partial charge >= 0.3 is 0 Å². The first-order valence-corrected chi connectivity index (χ1v) is 9.49. The van der Waals surface area contributed by atoms with Crippen LogP contribution in [0.15, 0.2) is 36.4 Å². The molecular weight excluding hydrogens is 354 g/mol. The number of amides is 1. The van der Waals surface area contributed by atoms with E-state index < -0.39 is 0 Å². The highest BCUT2D eigenvalue weighted by molar-refractivity contribution is 6.01. The molecule has 3 N–H and O–H groups in total. The summed E-state index contributed by atoms with van der Waals surface area (Å²) < 4.78 is 0. The second kappa shape index (κ2) is 11.7. The van der Waals surface area contributed by atoms with E-state index >= 15 is 0 Å². The predicted octanol–water partition coefficient (Wildman–Crippen LogP) is 3.50. The van der Waals surface area contributed by atoms with Gasteiger partial charge in [0.2, 0.25) is 5.91 Å². The number of nitrogens with one attached hydrogen (secondary N) is 1. The minimum atomic E-state index is 0.292. The van der Waals surface area contributed by atoms with Crippen LogP contribution >= 0.6 is 0 Å². The molecule has 0 radical (unpaired) electrons. The maximum Gasteiger partial charge on any atom is 0.222 e. The quantitative estimate of drug-likeness (QED) is 0.786. The van der Waals surface area contributed by atoms with Crippen LogP contribution in [0.4, 0.5) is 11.4 Å². The second-order valence-corrected chi connectivity index (χ2v) is 6.85. The van der Waals surface area contributed by atoms with Crippen LogP contribution in [0.2, 0.25) is 0 Å². The van der Waals surface area contributed by atoms with Crippen molar-refractivity contribution in [2.75, 3.05) is 24.1 Å². The highest BCUT2D eigenvalue weighted by Crippen LogP contribution is 2.30. The number of carbonyl (C=O) groups excluding carboxylic acids is 3. The first-order chi connectivity index (χ1) is 13.6. The summed E-state index contributed by atoms with van der Waals surface area (Å²) in [5, 5.41) is 5.95. The van der Waals surface area contributed by atoms with E-state index in [0.29, 0.717) is 24.3 Å². The van der Waals surface area contributed by atoms with Gasteiger partial charge in [0.15, 0.2) is 0 Å². The largest absolute Gasteiger partial charge is 0.398 e. The summed E-state index contributed by atoms with van der Waals surface area (Å²) in [4.78, 5) is 30.1. The second-order valence-electron chi connectivity index (χ2n) is 6.85. The average Bonchev–Trinajstić information content (AvgIpc) is 2.74. The van der Waals surface area contributed by atoms with Gasteiger partial charge in [0.25, 0.3) is 0 Å². The third-order valence-electron chi connectivity index (χ3n) is 5.02. The molecule has 3 rings (SSSR count).